The maximum Gasteiger partial charge on any atom is 0.326 e. The number of hydrogen-bond acceptors (Lipinski definition) is 2. The molecule has 0 aliphatic heterocycles. The van der Waals surface area contributed by atoms with Crippen LogP contribution in [0, 0.1) is 0 Å². The second kappa shape index (κ2) is 7.91. The van der Waals surface area contributed by atoms with E-state index in [0.717, 1.165) is 19.3 Å². The summed E-state index contributed by atoms with van der Waals surface area (Å²) in [6, 6.07) is -0.769. The highest BCUT2D eigenvalue weighted by Gasteiger charge is 2.19. The van der Waals surface area contributed by atoms with Crippen molar-refractivity contribution in [3.8, 4) is 0 Å². The Bertz CT molecular complexity index is 271. The topological polar surface area (TPSA) is 66.4 Å². The van der Waals surface area contributed by atoms with E-state index in [1.54, 1.807) is 19.9 Å². The quantitative estimate of drug-likeness (QED) is 0.517. The lowest BCUT2D eigenvalue weighted by atomic mass is 10.1. The Morgan fingerprint density at radius 1 is 1.38 bits per heavy atom. The van der Waals surface area contributed by atoms with Gasteiger partial charge in [0.05, 0.1) is 0 Å². The molecule has 0 aliphatic carbocycles. The van der Waals surface area contributed by atoms with Gasteiger partial charge in [-0.3, -0.25) is 4.79 Å². The molecule has 0 aromatic carbocycles. The first-order valence-corrected chi connectivity index (χ1v) is 5.69. The lowest BCUT2D eigenvalue weighted by Gasteiger charge is -2.14. The van der Waals surface area contributed by atoms with Crippen LogP contribution in [-0.4, -0.2) is 23.0 Å². The molecule has 1 atom stereocenters. The highest BCUT2D eigenvalue weighted by atomic mass is 16.4. The number of allylic oxidation sites excluding steroid dienone is 1. The molecule has 0 saturated carbocycles. The monoisotopic (exact) mass is 227 g/mol. The van der Waals surface area contributed by atoms with Crippen LogP contribution < -0.4 is 5.32 Å². The van der Waals surface area contributed by atoms with Gasteiger partial charge in [0.25, 0.3) is 0 Å². The normalized spacial score (nSPS) is 13.3. The molecule has 92 valence electrons. The van der Waals surface area contributed by atoms with Crippen LogP contribution in [0.25, 0.3) is 0 Å². The number of carbonyl (C=O) groups excluding carboxylic acids is 1. The fraction of sp³-hybridized carbons (Fsp3) is 0.667. The second-order valence-corrected chi connectivity index (χ2v) is 3.83. The van der Waals surface area contributed by atoms with Gasteiger partial charge in [-0.2, -0.15) is 0 Å². The third-order valence-corrected chi connectivity index (χ3v) is 2.49. The Morgan fingerprint density at radius 2 is 2.00 bits per heavy atom. The van der Waals surface area contributed by atoms with Crippen LogP contribution in [0.4, 0.5) is 0 Å². The van der Waals surface area contributed by atoms with Crippen LogP contribution in [0.5, 0.6) is 0 Å². The molecule has 0 aliphatic rings. The number of unbranched alkanes of at least 4 members (excludes halogenated alkanes) is 2. The van der Waals surface area contributed by atoms with E-state index in [-0.39, 0.29) is 5.91 Å². The average molecular weight is 227 g/mol. The molecule has 0 spiro atoms. The molecule has 0 saturated heterocycles. The van der Waals surface area contributed by atoms with Crippen LogP contribution in [0.15, 0.2) is 11.6 Å². The molecule has 0 unspecified atom stereocenters. The Balaban J connectivity index is 4.23. The van der Waals surface area contributed by atoms with E-state index < -0.39 is 12.0 Å². The molecule has 1 amide bonds. The molecular weight excluding hydrogens is 206 g/mol. The number of amides is 1. The van der Waals surface area contributed by atoms with Gasteiger partial charge in [0.15, 0.2) is 0 Å². The van der Waals surface area contributed by atoms with Crippen molar-refractivity contribution in [3.05, 3.63) is 11.6 Å². The van der Waals surface area contributed by atoms with E-state index in [9.17, 15) is 9.59 Å². The van der Waals surface area contributed by atoms with E-state index in [1.807, 2.05) is 0 Å². The molecule has 0 bridgehead atoms. The number of carboxylic acid groups (broad SMARTS) is 1. The summed E-state index contributed by atoms with van der Waals surface area (Å²) in [5.74, 6) is -1.26. The molecule has 4 heteroatoms. The zero-order valence-electron chi connectivity index (χ0n) is 10.2. The minimum Gasteiger partial charge on any atom is -0.480 e. The number of nitrogens with one attached hydrogen (secondary N) is 1. The molecule has 4 nitrogen and oxygen atoms in total. The third-order valence-electron chi connectivity index (χ3n) is 2.49. The Hall–Kier alpha value is -1.32. The predicted octanol–water partition coefficient (Wildman–Crippen LogP) is 2.10. The highest BCUT2D eigenvalue weighted by Crippen LogP contribution is 2.05. The molecule has 0 aromatic heterocycles. The largest absolute Gasteiger partial charge is 0.480 e. The lowest BCUT2D eigenvalue weighted by Crippen LogP contribution is -2.41. The van der Waals surface area contributed by atoms with Crippen molar-refractivity contribution in [1.29, 1.82) is 0 Å². The maximum absolute atomic E-state index is 11.5. The van der Waals surface area contributed by atoms with E-state index >= 15 is 0 Å². The van der Waals surface area contributed by atoms with Crippen molar-refractivity contribution in [2.45, 2.75) is 52.5 Å². The summed E-state index contributed by atoms with van der Waals surface area (Å²) in [5, 5.41) is 11.5. The van der Waals surface area contributed by atoms with Gasteiger partial charge in [0, 0.05) is 5.57 Å². The van der Waals surface area contributed by atoms with Crippen LogP contribution in [-0.2, 0) is 9.59 Å². The first-order valence-electron chi connectivity index (χ1n) is 5.69. The number of rotatable bonds is 7. The minimum absolute atomic E-state index is 0.300. The predicted molar refractivity (Wildman–Crippen MR) is 63.1 cm³/mol. The van der Waals surface area contributed by atoms with E-state index in [1.165, 1.54) is 0 Å². The van der Waals surface area contributed by atoms with Gasteiger partial charge in [-0.15, -0.1) is 0 Å². The Morgan fingerprint density at radius 3 is 2.44 bits per heavy atom. The minimum atomic E-state index is -0.964. The van der Waals surface area contributed by atoms with Crippen molar-refractivity contribution in [1.82, 2.24) is 5.32 Å². The van der Waals surface area contributed by atoms with Crippen molar-refractivity contribution in [2.24, 2.45) is 0 Å². The van der Waals surface area contributed by atoms with Gasteiger partial charge in [0.1, 0.15) is 6.04 Å². The van der Waals surface area contributed by atoms with Crippen LogP contribution in [0.2, 0.25) is 0 Å². The third kappa shape index (κ3) is 5.53. The Kier molecular flexibility index (Phi) is 7.25. The molecular formula is C12H21NO3. The van der Waals surface area contributed by atoms with Crippen molar-refractivity contribution in [3.63, 3.8) is 0 Å². The fourth-order valence-corrected chi connectivity index (χ4v) is 1.26. The average Bonchev–Trinajstić information content (AvgIpc) is 2.26. The van der Waals surface area contributed by atoms with Crippen LogP contribution >= 0.6 is 0 Å². The van der Waals surface area contributed by atoms with Gasteiger partial charge in [0.2, 0.25) is 5.91 Å². The SMILES string of the molecule is C/C=C(/C)C(=O)N[C@@H](CCCCC)C(=O)O. The molecule has 16 heavy (non-hydrogen) atoms. The highest BCUT2D eigenvalue weighted by molar-refractivity contribution is 5.95. The molecule has 0 heterocycles. The Labute approximate surface area is 96.7 Å². The lowest BCUT2D eigenvalue weighted by molar-refractivity contribution is -0.141. The molecule has 0 aromatic rings. The van der Waals surface area contributed by atoms with Crippen LogP contribution in [0.1, 0.15) is 46.5 Å². The maximum atomic E-state index is 11.5. The number of aliphatic carboxylic acids is 1. The number of carbonyl (C=O) groups is 2. The standard InChI is InChI=1S/C12H21NO3/c1-4-6-7-8-10(12(15)16)13-11(14)9(3)5-2/h5,10H,4,6-8H2,1-3H3,(H,13,14)(H,15,16)/b9-5-/t10-/m0/s1. The van der Waals surface area contributed by atoms with E-state index in [4.69, 9.17) is 5.11 Å². The number of hydrogen-bond donors (Lipinski definition) is 2. The van der Waals surface area contributed by atoms with Gasteiger partial charge >= 0.3 is 5.97 Å². The number of carboxylic acids is 1. The molecule has 0 radical (unpaired) electrons. The van der Waals surface area contributed by atoms with Gasteiger partial charge in [-0.05, 0) is 20.3 Å². The summed E-state index contributed by atoms with van der Waals surface area (Å²) in [4.78, 5) is 22.4. The molecule has 2 N–H and O–H groups in total. The molecule has 0 fully saturated rings. The van der Waals surface area contributed by atoms with Gasteiger partial charge in [-0.1, -0.05) is 32.3 Å². The van der Waals surface area contributed by atoms with Crippen molar-refractivity contribution < 1.29 is 14.7 Å². The zero-order chi connectivity index (χ0) is 12.6. The summed E-state index contributed by atoms with van der Waals surface area (Å²) in [6.45, 7) is 5.47. The van der Waals surface area contributed by atoms with Gasteiger partial charge in [-0.25, -0.2) is 4.79 Å². The molecule has 0 rings (SSSR count). The summed E-state index contributed by atoms with van der Waals surface area (Å²) in [7, 11) is 0. The zero-order valence-corrected chi connectivity index (χ0v) is 10.2. The fourth-order valence-electron chi connectivity index (χ4n) is 1.26. The second-order valence-electron chi connectivity index (χ2n) is 3.83. The van der Waals surface area contributed by atoms with Crippen LogP contribution in [0.3, 0.4) is 0 Å². The van der Waals surface area contributed by atoms with Crippen molar-refractivity contribution >= 4 is 11.9 Å². The summed E-state index contributed by atoms with van der Waals surface area (Å²) in [6.07, 6.45) is 5.01. The summed E-state index contributed by atoms with van der Waals surface area (Å²) >= 11 is 0. The first kappa shape index (κ1) is 14.7. The van der Waals surface area contributed by atoms with E-state index in [0.29, 0.717) is 12.0 Å². The first-order chi connectivity index (χ1) is 7.52. The summed E-state index contributed by atoms with van der Waals surface area (Å²) in [5.41, 5.74) is 0.543. The summed E-state index contributed by atoms with van der Waals surface area (Å²) < 4.78 is 0. The smallest absolute Gasteiger partial charge is 0.326 e. The van der Waals surface area contributed by atoms with Gasteiger partial charge < -0.3 is 10.4 Å². The van der Waals surface area contributed by atoms with Crippen molar-refractivity contribution in [2.75, 3.05) is 0 Å². The van der Waals surface area contributed by atoms with E-state index in [2.05, 4.69) is 12.2 Å².